The van der Waals surface area contributed by atoms with E-state index in [1.165, 1.54) is 18.4 Å². The zero-order chi connectivity index (χ0) is 12.4. The second-order valence-corrected chi connectivity index (χ2v) is 5.04. The Hall–Kier alpha value is -1.26. The van der Waals surface area contributed by atoms with Crippen LogP contribution in [0.1, 0.15) is 24.4 Å². The summed E-state index contributed by atoms with van der Waals surface area (Å²) in [7, 11) is 0. The van der Waals surface area contributed by atoms with E-state index in [1.54, 1.807) is 0 Å². The van der Waals surface area contributed by atoms with Gasteiger partial charge in [0.15, 0.2) is 11.5 Å². The van der Waals surface area contributed by atoms with E-state index in [4.69, 9.17) is 15.2 Å². The van der Waals surface area contributed by atoms with Crippen LogP contribution in [0.2, 0.25) is 0 Å². The molecule has 1 aromatic carbocycles. The van der Waals surface area contributed by atoms with Gasteiger partial charge in [-0.3, -0.25) is 0 Å². The van der Waals surface area contributed by atoms with E-state index in [0.717, 1.165) is 24.0 Å². The zero-order valence-electron chi connectivity index (χ0n) is 10.5. The Morgan fingerprint density at radius 2 is 2.00 bits per heavy atom. The molecule has 1 unspecified atom stereocenters. The van der Waals surface area contributed by atoms with Gasteiger partial charge in [-0.05, 0) is 43.0 Å². The zero-order valence-corrected chi connectivity index (χ0v) is 10.5. The van der Waals surface area contributed by atoms with Gasteiger partial charge in [0, 0.05) is 12.6 Å². The van der Waals surface area contributed by atoms with Crippen LogP contribution >= 0.6 is 0 Å². The molecule has 0 aromatic heterocycles. The standard InChI is InChI=1S/C14H20N2O2/c15-8-12(16-9-10-1-2-10)11-3-4-13-14(7-11)18-6-5-17-13/h3-4,7,10,12,16H,1-2,5-6,8-9,15H2. The molecule has 1 aromatic rings. The van der Waals surface area contributed by atoms with Crippen LogP contribution in [-0.4, -0.2) is 26.3 Å². The van der Waals surface area contributed by atoms with Crippen molar-refractivity contribution in [3.05, 3.63) is 23.8 Å². The maximum Gasteiger partial charge on any atom is 0.161 e. The van der Waals surface area contributed by atoms with E-state index in [1.807, 2.05) is 12.1 Å². The highest BCUT2D eigenvalue weighted by atomic mass is 16.6. The number of rotatable bonds is 5. The van der Waals surface area contributed by atoms with Gasteiger partial charge in [0.05, 0.1) is 0 Å². The van der Waals surface area contributed by atoms with Gasteiger partial charge < -0.3 is 20.5 Å². The molecule has 3 N–H and O–H groups in total. The molecule has 2 aliphatic rings. The molecule has 4 heteroatoms. The summed E-state index contributed by atoms with van der Waals surface area (Å²) in [6.07, 6.45) is 2.71. The Balaban J connectivity index is 1.71. The second-order valence-electron chi connectivity index (χ2n) is 5.04. The van der Waals surface area contributed by atoms with Gasteiger partial charge in [-0.25, -0.2) is 0 Å². The summed E-state index contributed by atoms with van der Waals surface area (Å²) in [6, 6.07) is 6.31. The van der Waals surface area contributed by atoms with Gasteiger partial charge in [0.1, 0.15) is 13.2 Å². The summed E-state index contributed by atoms with van der Waals surface area (Å²) >= 11 is 0. The van der Waals surface area contributed by atoms with E-state index in [0.29, 0.717) is 19.8 Å². The predicted octanol–water partition coefficient (Wildman–Crippen LogP) is 1.46. The van der Waals surface area contributed by atoms with Gasteiger partial charge in [-0.1, -0.05) is 6.07 Å². The summed E-state index contributed by atoms with van der Waals surface area (Å²) in [4.78, 5) is 0. The maximum atomic E-state index is 5.85. The van der Waals surface area contributed by atoms with Crippen LogP contribution in [0.3, 0.4) is 0 Å². The number of nitrogens with two attached hydrogens (primary N) is 1. The number of benzene rings is 1. The van der Waals surface area contributed by atoms with Crippen LogP contribution in [0.25, 0.3) is 0 Å². The average Bonchev–Trinajstić information content (AvgIpc) is 3.23. The molecular weight excluding hydrogens is 228 g/mol. The van der Waals surface area contributed by atoms with E-state index in [2.05, 4.69) is 11.4 Å². The van der Waals surface area contributed by atoms with E-state index in [-0.39, 0.29) is 6.04 Å². The highest BCUT2D eigenvalue weighted by molar-refractivity contribution is 5.44. The molecule has 0 radical (unpaired) electrons. The minimum absolute atomic E-state index is 0.210. The SMILES string of the molecule is NCC(NCC1CC1)c1ccc2c(c1)OCCO2. The summed E-state index contributed by atoms with van der Waals surface area (Å²) in [5.74, 6) is 2.53. The minimum Gasteiger partial charge on any atom is -0.486 e. The van der Waals surface area contributed by atoms with Gasteiger partial charge in [-0.2, -0.15) is 0 Å². The second kappa shape index (κ2) is 5.16. The highest BCUT2D eigenvalue weighted by Crippen LogP contribution is 2.33. The van der Waals surface area contributed by atoms with Crippen LogP contribution in [0.5, 0.6) is 11.5 Å². The molecule has 1 atom stereocenters. The fourth-order valence-corrected chi connectivity index (χ4v) is 2.24. The lowest BCUT2D eigenvalue weighted by atomic mass is 10.1. The minimum atomic E-state index is 0.210. The van der Waals surface area contributed by atoms with Crippen molar-refractivity contribution in [2.24, 2.45) is 11.7 Å². The maximum absolute atomic E-state index is 5.85. The molecule has 1 aliphatic heterocycles. The first-order valence-electron chi connectivity index (χ1n) is 6.70. The molecule has 4 nitrogen and oxygen atoms in total. The largest absolute Gasteiger partial charge is 0.486 e. The lowest BCUT2D eigenvalue weighted by Crippen LogP contribution is -2.30. The Morgan fingerprint density at radius 3 is 2.72 bits per heavy atom. The summed E-state index contributed by atoms with van der Waals surface area (Å²) in [5.41, 5.74) is 7.04. The molecule has 98 valence electrons. The average molecular weight is 248 g/mol. The first kappa shape index (κ1) is 11.8. The van der Waals surface area contributed by atoms with Crippen molar-refractivity contribution in [1.82, 2.24) is 5.32 Å². The summed E-state index contributed by atoms with van der Waals surface area (Å²) in [5, 5.41) is 3.53. The first-order chi connectivity index (χ1) is 8.86. The number of nitrogens with one attached hydrogen (secondary N) is 1. The van der Waals surface area contributed by atoms with Crippen molar-refractivity contribution in [3.8, 4) is 11.5 Å². The topological polar surface area (TPSA) is 56.5 Å². The normalized spacial score (nSPS) is 19.6. The molecular formula is C14H20N2O2. The molecule has 0 spiro atoms. The van der Waals surface area contributed by atoms with Crippen LogP contribution in [-0.2, 0) is 0 Å². The molecule has 3 rings (SSSR count). The third-order valence-corrected chi connectivity index (χ3v) is 3.55. The lowest BCUT2D eigenvalue weighted by molar-refractivity contribution is 0.171. The molecule has 1 fully saturated rings. The molecule has 1 heterocycles. The molecule has 0 saturated heterocycles. The number of hydrogen-bond donors (Lipinski definition) is 2. The molecule has 1 saturated carbocycles. The fraction of sp³-hybridized carbons (Fsp3) is 0.571. The Kier molecular flexibility index (Phi) is 3.39. The van der Waals surface area contributed by atoms with Crippen molar-refractivity contribution >= 4 is 0 Å². The van der Waals surface area contributed by atoms with Crippen LogP contribution in [0.15, 0.2) is 18.2 Å². The molecule has 0 bridgehead atoms. The monoisotopic (exact) mass is 248 g/mol. The van der Waals surface area contributed by atoms with Crippen LogP contribution < -0.4 is 20.5 Å². The Morgan fingerprint density at radius 1 is 1.22 bits per heavy atom. The van der Waals surface area contributed by atoms with Crippen molar-refractivity contribution in [2.75, 3.05) is 26.3 Å². The summed E-state index contributed by atoms with van der Waals surface area (Å²) in [6.45, 7) is 2.93. The van der Waals surface area contributed by atoms with Crippen molar-refractivity contribution in [1.29, 1.82) is 0 Å². The summed E-state index contributed by atoms with van der Waals surface area (Å²) < 4.78 is 11.1. The number of fused-ring (bicyclic) bond motifs is 1. The fourth-order valence-electron chi connectivity index (χ4n) is 2.24. The lowest BCUT2D eigenvalue weighted by Gasteiger charge is -2.22. The van der Waals surface area contributed by atoms with Crippen molar-refractivity contribution < 1.29 is 9.47 Å². The predicted molar refractivity (Wildman–Crippen MR) is 70.0 cm³/mol. The Labute approximate surface area is 107 Å². The van der Waals surface area contributed by atoms with E-state index in [9.17, 15) is 0 Å². The molecule has 0 amide bonds. The highest BCUT2D eigenvalue weighted by Gasteiger charge is 2.23. The van der Waals surface area contributed by atoms with Gasteiger partial charge in [-0.15, -0.1) is 0 Å². The Bertz CT molecular complexity index is 418. The van der Waals surface area contributed by atoms with E-state index < -0.39 is 0 Å². The first-order valence-corrected chi connectivity index (χ1v) is 6.70. The van der Waals surface area contributed by atoms with Crippen molar-refractivity contribution in [2.45, 2.75) is 18.9 Å². The third kappa shape index (κ3) is 2.60. The quantitative estimate of drug-likeness (QED) is 0.828. The van der Waals surface area contributed by atoms with Gasteiger partial charge in [0.2, 0.25) is 0 Å². The van der Waals surface area contributed by atoms with Gasteiger partial charge >= 0.3 is 0 Å². The molecule has 18 heavy (non-hydrogen) atoms. The van der Waals surface area contributed by atoms with Crippen LogP contribution in [0, 0.1) is 5.92 Å². The van der Waals surface area contributed by atoms with Crippen molar-refractivity contribution in [3.63, 3.8) is 0 Å². The van der Waals surface area contributed by atoms with Crippen LogP contribution in [0.4, 0.5) is 0 Å². The van der Waals surface area contributed by atoms with Gasteiger partial charge in [0.25, 0.3) is 0 Å². The smallest absolute Gasteiger partial charge is 0.161 e. The molecule has 1 aliphatic carbocycles. The number of ether oxygens (including phenoxy) is 2. The third-order valence-electron chi connectivity index (χ3n) is 3.55. The number of hydrogen-bond acceptors (Lipinski definition) is 4. The van der Waals surface area contributed by atoms with E-state index >= 15 is 0 Å².